The van der Waals surface area contributed by atoms with Crippen LogP contribution in [0.4, 0.5) is 11.4 Å². The van der Waals surface area contributed by atoms with E-state index in [1.165, 1.54) is 6.92 Å². The molecule has 0 aliphatic carbocycles. The van der Waals surface area contributed by atoms with E-state index in [4.69, 9.17) is 14.2 Å². The van der Waals surface area contributed by atoms with Gasteiger partial charge in [-0.1, -0.05) is 6.07 Å². The van der Waals surface area contributed by atoms with Crippen molar-refractivity contribution in [2.24, 2.45) is 0 Å². The minimum absolute atomic E-state index is 0.0660. The molecular weight excluding hydrogens is 376 g/mol. The van der Waals surface area contributed by atoms with Gasteiger partial charge in [-0.2, -0.15) is 0 Å². The van der Waals surface area contributed by atoms with E-state index in [0.29, 0.717) is 47.0 Å². The van der Waals surface area contributed by atoms with Crippen molar-refractivity contribution in [2.75, 3.05) is 24.0 Å². The molecular formula is C21H20N2O6. The van der Waals surface area contributed by atoms with Crippen LogP contribution in [-0.2, 0) is 9.53 Å². The number of amides is 2. The van der Waals surface area contributed by atoms with Crippen LogP contribution in [0.1, 0.15) is 40.5 Å². The molecule has 1 saturated heterocycles. The molecule has 8 heteroatoms. The Hall–Kier alpha value is -3.39. The highest BCUT2D eigenvalue weighted by molar-refractivity contribution is 6.10. The third-order valence-electron chi connectivity index (χ3n) is 4.75. The second kappa shape index (κ2) is 7.92. The average Bonchev–Trinajstić information content (AvgIpc) is 3.39. The van der Waals surface area contributed by atoms with Gasteiger partial charge in [0.1, 0.15) is 6.10 Å². The van der Waals surface area contributed by atoms with Crippen LogP contribution >= 0.6 is 0 Å². The minimum atomic E-state index is -0.459. The molecule has 0 spiro atoms. The predicted octanol–water partition coefficient (Wildman–Crippen LogP) is 2.99. The van der Waals surface area contributed by atoms with Gasteiger partial charge in [-0.05, 0) is 44.0 Å². The maximum atomic E-state index is 12.8. The molecule has 2 aliphatic heterocycles. The SMILES string of the molecule is CC(=O)c1cc2c(cc1NC(=O)c1cccc(NC(=O)[C@H]3CCCO3)c1)OCO2. The van der Waals surface area contributed by atoms with Gasteiger partial charge in [0.05, 0.1) is 5.69 Å². The van der Waals surface area contributed by atoms with Crippen molar-refractivity contribution in [2.45, 2.75) is 25.9 Å². The van der Waals surface area contributed by atoms with Crippen LogP contribution in [-0.4, -0.2) is 37.1 Å². The summed E-state index contributed by atoms with van der Waals surface area (Å²) in [4.78, 5) is 36.9. The average molecular weight is 396 g/mol. The second-order valence-electron chi connectivity index (χ2n) is 6.83. The summed E-state index contributed by atoms with van der Waals surface area (Å²) < 4.78 is 16.0. The molecule has 0 radical (unpaired) electrons. The van der Waals surface area contributed by atoms with Crippen LogP contribution in [0.15, 0.2) is 36.4 Å². The van der Waals surface area contributed by atoms with Crippen molar-refractivity contribution in [3.05, 3.63) is 47.5 Å². The van der Waals surface area contributed by atoms with E-state index in [1.807, 2.05) is 0 Å². The lowest BCUT2D eigenvalue weighted by atomic mass is 10.1. The first-order valence-corrected chi connectivity index (χ1v) is 9.30. The number of nitrogens with one attached hydrogen (secondary N) is 2. The lowest BCUT2D eigenvalue weighted by Gasteiger charge is -2.13. The van der Waals surface area contributed by atoms with E-state index in [-0.39, 0.29) is 18.5 Å². The molecule has 8 nitrogen and oxygen atoms in total. The van der Waals surface area contributed by atoms with Gasteiger partial charge in [0.25, 0.3) is 11.8 Å². The summed E-state index contributed by atoms with van der Waals surface area (Å²) in [5.74, 6) is 0.0698. The smallest absolute Gasteiger partial charge is 0.255 e. The number of anilines is 2. The largest absolute Gasteiger partial charge is 0.454 e. The highest BCUT2D eigenvalue weighted by Crippen LogP contribution is 2.37. The predicted molar refractivity (Wildman–Crippen MR) is 105 cm³/mol. The highest BCUT2D eigenvalue weighted by atomic mass is 16.7. The molecule has 2 aliphatic rings. The Morgan fingerprint density at radius 1 is 1.03 bits per heavy atom. The number of carbonyl (C=O) groups excluding carboxylic acids is 3. The third-order valence-corrected chi connectivity index (χ3v) is 4.75. The standard InChI is InChI=1S/C21H20N2O6/c1-12(24)15-9-18-19(29-11-28-18)10-16(15)23-20(25)13-4-2-5-14(8-13)22-21(26)17-6-3-7-27-17/h2,4-5,8-10,17H,3,6-7,11H2,1H3,(H,22,26)(H,23,25)/t17-/m1/s1. The number of rotatable bonds is 5. The monoisotopic (exact) mass is 396 g/mol. The van der Waals surface area contributed by atoms with Gasteiger partial charge >= 0.3 is 0 Å². The topological polar surface area (TPSA) is 103 Å². The van der Waals surface area contributed by atoms with Crippen LogP contribution in [0.3, 0.4) is 0 Å². The number of fused-ring (bicyclic) bond motifs is 1. The summed E-state index contributed by atoms with van der Waals surface area (Å²) in [6.45, 7) is 2.06. The Kier molecular flexibility index (Phi) is 5.18. The fraction of sp³-hybridized carbons (Fsp3) is 0.286. The fourth-order valence-electron chi connectivity index (χ4n) is 3.28. The molecule has 1 fully saturated rings. The number of carbonyl (C=O) groups is 3. The molecule has 2 heterocycles. The number of hydrogen-bond donors (Lipinski definition) is 2. The molecule has 2 aromatic carbocycles. The molecule has 0 unspecified atom stereocenters. The van der Waals surface area contributed by atoms with E-state index in [2.05, 4.69) is 10.6 Å². The number of ether oxygens (including phenoxy) is 3. The Morgan fingerprint density at radius 3 is 2.55 bits per heavy atom. The fourth-order valence-corrected chi connectivity index (χ4v) is 3.28. The summed E-state index contributed by atoms with van der Waals surface area (Å²) in [5.41, 5.74) is 1.49. The summed E-state index contributed by atoms with van der Waals surface area (Å²) in [6, 6.07) is 9.69. The number of hydrogen-bond acceptors (Lipinski definition) is 6. The zero-order valence-electron chi connectivity index (χ0n) is 15.8. The molecule has 2 aromatic rings. The van der Waals surface area contributed by atoms with Crippen LogP contribution in [0.25, 0.3) is 0 Å². The van der Waals surface area contributed by atoms with E-state index in [9.17, 15) is 14.4 Å². The summed E-state index contributed by atoms with van der Waals surface area (Å²) in [7, 11) is 0. The van der Waals surface area contributed by atoms with E-state index < -0.39 is 12.0 Å². The molecule has 150 valence electrons. The van der Waals surface area contributed by atoms with Gasteiger partial charge < -0.3 is 24.8 Å². The lowest BCUT2D eigenvalue weighted by Crippen LogP contribution is -2.27. The number of Topliss-reactive ketones (excluding diaryl/α,β-unsaturated/α-hetero) is 1. The second-order valence-corrected chi connectivity index (χ2v) is 6.83. The van der Waals surface area contributed by atoms with Gasteiger partial charge in [0.2, 0.25) is 6.79 Å². The maximum absolute atomic E-state index is 12.8. The van der Waals surface area contributed by atoms with Crippen molar-refractivity contribution in [3.8, 4) is 11.5 Å². The van der Waals surface area contributed by atoms with Crippen LogP contribution < -0.4 is 20.1 Å². The summed E-state index contributed by atoms with van der Waals surface area (Å²) >= 11 is 0. The van der Waals surface area contributed by atoms with Crippen molar-refractivity contribution in [1.82, 2.24) is 0 Å². The van der Waals surface area contributed by atoms with Gasteiger partial charge in [-0.3, -0.25) is 14.4 Å². The van der Waals surface area contributed by atoms with Gasteiger partial charge in [-0.25, -0.2) is 0 Å². The molecule has 0 bridgehead atoms. The zero-order valence-corrected chi connectivity index (χ0v) is 15.8. The molecule has 4 rings (SSSR count). The van der Waals surface area contributed by atoms with E-state index >= 15 is 0 Å². The first-order chi connectivity index (χ1) is 14.0. The minimum Gasteiger partial charge on any atom is -0.454 e. The normalized spacial score (nSPS) is 17.1. The zero-order chi connectivity index (χ0) is 20.4. The first-order valence-electron chi connectivity index (χ1n) is 9.30. The number of benzene rings is 2. The van der Waals surface area contributed by atoms with Gasteiger partial charge in [0, 0.05) is 29.5 Å². The third kappa shape index (κ3) is 4.07. The molecule has 1 atom stereocenters. The van der Waals surface area contributed by atoms with Gasteiger partial charge in [-0.15, -0.1) is 0 Å². The first kappa shape index (κ1) is 18.9. The van der Waals surface area contributed by atoms with E-state index in [0.717, 1.165) is 6.42 Å². The molecule has 29 heavy (non-hydrogen) atoms. The lowest BCUT2D eigenvalue weighted by molar-refractivity contribution is -0.124. The Balaban J connectivity index is 1.52. The molecule has 2 N–H and O–H groups in total. The molecule has 2 amide bonds. The quantitative estimate of drug-likeness (QED) is 0.753. The molecule has 0 saturated carbocycles. The van der Waals surface area contributed by atoms with Crippen molar-refractivity contribution >= 4 is 29.0 Å². The Labute approximate surface area is 167 Å². The Morgan fingerprint density at radius 2 is 1.83 bits per heavy atom. The van der Waals surface area contributed by atoms with Crippen molar-refractivity contribution in [1.29, 1.82) is 0 Å². The number of ketones is 1. The van der Waals surface area contributed by atoms with Crippen LogP contribution in [0.5, 0.6) is 11.5 Å². The van der Waals surface area contributed by atoms with Crippen molar-refractivity contribution in [3.63, 3.8) is 0 Å². The molecule has 0 aromatic heterocycles. The van der Waals surface area contributed by atoms with Crippen LogP contribution in [0.2, 0.25) is 0 Å². The van der Waals surface area contributed by atoms with E-state index in [1.54, 1.807) is 36.4 Å². The summed E-state index contributed by atoms with van der Waals surface area (Å²) in [6.07, 6.45) is 1.08. The van der Waals surface area contributed by atoms with Gasteiger partial charge in [0.15, 0.2) is 17.3 Å². The summed E-state index contributed by atoms with van der Waals surface area (Å²) in [5, 5.41) is 5.51. The van der Waals surface area contributed by atoms with Crippen molar-refractivity contribution < 1.29 is 28.6 Å². The maximum Gasteiger partial charge on any atom is 0.255 e. The Bertz CT molecular complexity index is 981. The van der Waals surface area contributed by atoms with Crippen LogP contribution in [0, 0.1) is 0 Å². The highest BCUT2D eigenvalue weighted by Gasteiger charge is 2.24.